The molecule has 0 aromatic rings. The van der Waals surface area contributed by atoms with Gasteiger partial charge in [0.2, 0.25) is 5.79 Å². The molecule has 0 aliphatic carbocycles. The van der Waals surface area contributed by atoms with Gasteiger partial charge in [-0.2, -0.15) is 0 Å². The van der Waals surface area contributed by atoms with Crippen molar-refractivity contribution in [1.82, 2.24) is 0 Å². The van der Waals surface area contributed by atoms with Crippen LogP contribution in [0.1, 0.15) is 85.0 Å². The SMILES string of the molecule is CCCCCCCCCCCCOC[C@@]12O[C@@H](CN)[C@@H](OC)[C@@H]1OC(C)(C)O2. The molecule has 2 aliphatic rings. The monoisotopic (exact) mass is 401 g/mol. The fraction of sp³-hybridized carbons (Fsp3) is 1.00. The van der Waals surface area contributed by atoms with Gasteiger partial charge in [0.1, 0.15) is 24.9 Å². The maximum atomic E-state index is 6.14. The topological polar surface area (TPSA) is 72.2 Å². The van der Waals surface area contributed by atoms with E-state index < -0.39 is 11.6 Å². The summed E-state index contributed by atoms with van der Waals surface area (Å²) in [6, 6.07) is 0. The second-order valence-electron chi connectivity index (χ2n) is 8.68. The number of ether oxygens (including phenoxy) is 5. The predicted molar refractivity (Wildman–Crippen MR) is 110 cm³/mol. The van der Waals surface area contributed by atoms with Crippen LogP contribution in [-0.2, 0) is 23.7 Å². The molecule has 2 fully saturated rings. The predicted octanol–water partition coefficient (Wildman–Crippen LogP) is 4.14. The summed E-state index contributed by atoms with van der Waals surface area (Å²) in [4.78, 5) is 0. The third-order valence-electron chi connectivity index (χ3n) is 5.73. The molecule has 28 heavy (non-hydrogen) atoms. The first-order valence-electron chi connectivity index (χ1n) is 11.3. The van der Waals surface area contributed by atoms with E-state index in [0.29, 0.717) is 19.8 Å². The molecule has 2 saturated heterocycles. The minimum atomic E-state index is -0.924. The standard InChI is InChI=1S/C22H43NO5/c1-5-6-7-8-9-10-11-12-13-14-15-25-17-22-20(27-21(2,3)28-22)19(24-4)18(16-23)26-22/h18-20H,5-17,23H2,1-4H3/t18-,19+,20-,22-/m0/s1. The second-order valence-corrected chi connectivity index (χ2v) is 8.68. The minimum Gasteiger partial charge on any atom is -0.376 e. The van der Waals surface area contributed by atoms with Gasteiger partial charge in [-0.3, -0.25) is 0 Å². The molecule has 0 radical (unpaired) electrons. The number of unbranched alkanes of at least 4 members (excludes halogenated alkanes) is 9. The highest BCUT2D eigenvalue weighted by Crippen LogP contribution is 2.46. The summed E-state index contributed by atoms with van der Waals surface area (Å²) < 4.78 is 29.9. The van der Waals surface area contributed by atoms with Crippen molar-refractivity contribution in [1.29, 1.82) is 0 Å². The van der Waals surface area contributed by atoms with E-state index in [-0.39, 0.29) is 18.3 Å². The molecule has 0 saturated carbocycles. The third kappa shape index (κ3) is 6.64. The molecular weight excluding hydrogens is 358 g/mol. The lowest BCUT2D eigenvalue weighted by atomic mass is 10.1. The van der Waals surface area contributed by atoms with E-state index in [9.17, 15) is 0 Å². The number of hydrogen-bond donors (Lipinski definition) is 1. The molecule has 0 bridgehead atoms. The van der Waals surface area contributed by atoms with Crippen LogP contribution < -0.4 is 5.73 Å². The van der Waals surface area contributed by atoms with Crippen molar-refractivity contribution >= 4 is 0 Å². The molecule has 4 atom stereocenters. The van der Waals surface area contributed by atoms with Gasteiger partial charge >= 0.3 is 0 Å². The van der Waals surface area contributed by atoms with Crippen LogP contribution in [0.4, 0.5) is 0 Å². The highest BCUT2D eigenvalue weighted by Gasteiger charge is 2.65. The van der Waals surface area contributed by atoms with Crippen LogP contribution in [0, 0.1) is 0 Å². The molecule has 0 aromatic heterocycles. The fourth-order valence-corrected chi connectivity index (χ4v) is 4.33. The summed E-state index contributed by atoms with van der Waals surface area (Å²) >= 11 is 0. The molecule has 6 nitrogen and oxygen atoms in total. The van der Waals surface area contributed by atoms with Gasteiger partial charge in [-0.25, -0.2) is 0 Å². The Balaban J connectivity index is 1.62. The molecule has 6 heteroatoms. The Kier molecular flexibility index (Phi) is 10.1. The van der Waals surface area contributed by atoms with Crippen LogP contribution in [0.5, 0.6) is 0 Å². The second kappa shape index (κ2) is 11.8. The van der Waals surface area contributed by atoms with Gasteiger partial charge in [-0.1, -0.05) is 64.7 Å². The van der Waals surface area contributed by atoms with Gasteiger partial charge in [0.05, 0.1) is 0 Å². The normalized spacial score (nSPS) is 31.4. The molecular formula is C22H43NO5. The first-order chi connectivity index (χ1) is 13.5. The van der Waals surface area contributed by atoms with E-state index in [1.807, 2.05) is 13.8 Å². The lowest BCUT2D eigenvalue weighted by Gasteiger charge is -2.28. The van der Waals surface area contributed by atoms with Crippen LogP contribution in [0.3, 0.4) is 0 Å². The highest BCUT2D eigenvalue weighted by atomic mass is 16.9. The van der Waals surface area contributed by atoms with Crippen LogP contribution in [0.25, 0.3) is 0 Å². The van der Waals surface area contributed by atoms with Crippen molar-refractivity contribution in [2.45, 2.75) is 115 Å². The molecule has 2 N–H and O–H groups in total. The molecule has 2 heterocycles. The van der Waals surface area contributed by atoms with Crippen LogP contribution in [0.15, 0.2) is 0 Å². The molecule has 2 aliphatic heterocycles. The van der Waals surface area contributed by atoms with Gasteiger partial charge in [0.15, 0.2) is 5.79 Å². The minimum absolute atomic E-state index is 0.243. The number of rotatable bonds is 15. The third-order valence-corrected chi connectivity index (χ3v) is 5.73. The maximum Gasteiger partial charge on any atom is 0.224 e. The van der Waals surface area contributed by atoms with E-state index in [4.69, 9.17) is 29.4 Å². The van der Waals surface area contributed by atoms with Crippen LogP contribution in [-0.4, -0.2) is 56.8 Å². The van der Waals surface area contributed by atoms with Crippen molar-refractivity contribution in [2.24, 2.45) is 5.73 Å². The highest BCUT2D eigenvalue weighted by molar-refractivity contribution is 5.03. The average Bonchev–Trinajstić information content (AvgIpc) is 3.08. The van der Waals surface area contributed by atoms with Gasteiger partial charge in [0.25, 0.3) is 0 Å². The Labute approximate surface area is 171 Å². The zero-order valence-corrected chi connectivity index (χ0v) is 18.5. The number of nitrogens with two attached hydrogens (primary N) is 1. The lowest BCUT2D eigenvalue weighted by molar-refractivity contribution is -0.277. The molecule has 0 unspecified atom stereocenters. The lowest BCUT2D eigenvalue weighted by Crippen LogP contribution is -2.45. The van der Waals surface area contributed by atoms with E-state index >= 15 is 0 Å². The Hall–Kier alpha value is -0.240. The zero-order chi connectivity index (χ0) is 20.5. The summed E-state index contributed by atoms with van der Waals surface area (Å²) in [5.74, 6) is -1.64. The van der Waals surface area contributed by atoms with Crippen molar-refractivity contribution < 1.29 is 23.7 Å². The summed E-state index contributed by atoms with van der Waals surface area (Å²) in [6.07, 6.45) is 12.3. The van der Waals surface area contributed by atoms with Crippen LogP contribution in [0.2, 0.25) is 0 Å². The summed E-state index contributed by atoms with van der Waals surface area (Å²) in [7, 11) is 1.66. The Morgan fingerprint density at radius 3 is 2.07 bits per heavy atom. The summed E-state index contributed by atoms with van der Waals surface area (Å²) in [6.45, 7) is 7.46. The quantitative estimate of drug-likeness (QED) is 0.416. The van der Waals surface area contributed by atoms with Crippen molar-refractivity contribution in [3.63, 3.8) is 0 Å². The molecule has 166 valence electrons. The summed E-state index contributed by atoms with van der Waals surface area (Å²) in [5.41, 5.74) is 5.84. The summed E-state index contributed by atoms with van der Waals surface area (Å²) in [5, 5.41) is 0. The number of fused-ring (bicyclic) bond motifs is 1. The Morgan fingerprint density at radius 1 is 0.893 bits per heavy atom. The average molecular weight is 402 g/mol. The van der Waals surface area contributed by atoms with Gasteiger partial charge in [0, 0.05) is 20.3 Å². The molecule has 2 rings (SSSR count). The van der Waals surface area contributed by atoms with Crippen molar-refractivity contribution in [2.75, 3.05) is 26.9 Å². The fourth-order valence-electron chi connectivity index (χ4n) is 4.33. The van der Waals surface area contributed by atoms with E-state index in [2.05, 4.69) is 6.92 Å². The Morgan fingerprint density at radius 2 is 1.50 bits per heavy atom. The smallest absolute Gasteiger partial charge is 0.224 e. The largest absolute Gasteiger partial charge is 0.376 e. The van der Waals surface area contributed by atoms with Gasteiger partial charge in [-0.05, 0) is 20.3 Å². The number of hydrogen-bond acceptors (Lipinski definition) is 6. The first-order valence-corrected chi connectivity index (χ1v) is 11.3. The first kappa shape index (κ1) is 24.0. The van der Waals surface area contributed by atoms with Crippen LogP contribution >= 0.6 is 0 Å². The number of methoxy groups -OCH3 is 1. The Bertz CT molecular complexity index is 433. The zero-order valence-electron chi connectivity index (χ0n) is 18.5. The molecule has 0 aromatic carbocycles. The van der Waals surface area contributed by atoms with Gasteiger partial charge in [-0.15, -0.1) is 0 Å². The van der Waals surface area contributed by atoms with Crippen molar-refractivity contribution in [3.8, 4) is 0 Å². The van der Waals surface area contributed by atoms with Crippen molar-refractivity contribution in [3.05, 3.63) is 0 Å². The maximum absolute atomic E-state index is 6.14. The van der Waals surface area contributed by atoms with E-state index in [1.165, 1.54) is 57.8 Å². The van der Waals surface area contributed by atoms with E-state index in [0.717, 1.165) is 6.42 Å². The molecule has 0 spiro atoms. The molecule has 0 amide bonds. The van der Waals surface area contributed by atoms with Gasteiger partial charge < -0.3 is 29.4 Å². The van der Waals surface area contributed by atoms with E-state index in [1.54, 1.807) is 7.11 Å².